The highest BCUT2D eigenvalue weighted by Gasteiger charge is 2.46. The predicted molar refractivity (Wildman–Crippen MR) is 145 cm³/mol. The number of hydrogen-bond donors (Lipinski definition) is 6. The van der Waals surface area contributed by atoms with Crippen LogP contribution in [0.1, 0.15) is 23.1 Å². The molecule has 0 aliphatic carbocycles. The molecule has 2 heterocycles. The molecule has 3 aromatic carbocycles. The van der Waals surface area contributed by atoms with E-state index in [1.54, 1.807) is 0 Å². The van der Waals surface area contributed by atoms with Gasteiger partial charge in [0.15, 0.2) is 0 Å². The largest absolute Gasteiger partial charge is 0.368 e. The van der Waals surface area contributed by atoms with Gasteiger partial charge >= 0.3 is 0 Å². The fourth-order valence-electron chi connectivity index (χ4n) is 5.20. The molecule has 1 saturated heterocycles. The molecular formula is C29H32N6O3. The number of rotatable bonds is 6. The molecule has 9 nitrogen and oxygen atoms in total. The summed E-state index contributed by atoms with van der Waals surface area (Å²) in [4.78, 5) is 40.5. The van der Waals surface area contributed by atoms with E-state index >= 15 is 0 Å². The van der Waals surface area contributed by atoms with Crippen molar-refractivity contribution in [2.75, 3.05) is 5.32 Å². The number of fused-ring (bicyclic) bond motifs is 1. The van der Waals surface area contributed by atoms with Crippen molar-refractivity contribution in [2.45, 2.75) is 49.1 Å². The minimum absolute atomic E-state index is 0.0417. The van der Waals surface area contributed by atoms with Crippen molar-refractivity contribution >= 4 is 23.4 Å². The number of benzene rings is 3. The van der Waals surface area contributed by atoms with Crippen LogP contribution in [0.25, 0.3) is 0 Å². The molecule has 0 aromatic heterocycles. The van der Waals surface area contributed by atoms with Crippen LogP contribution in [-0.2, 0) is 32.8 Å². The Hall–Kier alpha value is -4.21. The van der Waals surface area contributed by atoms with Crippen molar-refractivity contribution in [1.82, 2.24) is 16.0 Å². The Labute approximate surface area is 221 Å². The van der Waals surface area contributed by atoms with Gasteiger partial charge in [-0.2, -0.15) is 0 Å². The van der Waals surface area contributed by atoms with Crippen LogP contribution in [0.2, 0.25) is 0 Å². The van der Waals surface area contributed by atoms with Crippen LogP contribution in [0.4, 0.5) is 5.69 Å². The van der Waals surface area contributed by atoms with Gasteiger partial charge < -0.3 is 32.7 Å². The summed E-state index contributed by atoms with van der Waals surface area (Å²) in [6, 6.07) is 23.5. The number of para-hydroxylation sites is 1. The SMILES string of the molecule is N[C@H]1Nc2ccccc2[C@@]1(N)C[C@@H]1NC(=O)[C@@H](Cc2ccccc2)NC(=O)[C@@H](Cc2ccccc2)NC1=O. The van der Waals surface area contributed by atoms with Crippen molar-refractivity contribution in [3.63, 3.8) is 0 Å². The average Bonchev–Trinajstić information content (AvgIpc) is 3.18. The number of hydrogen-bond acceptors (Lipinski definition) is 6. The third-order valence-electron chi connectivity index (χ3n) is 7.30. The minimum atomic E-state index is -1.12. The lowest BCUT2D eigenvalue weighted by Crippen LogP contribution is -2.59. The van der Waals surface area contributed by atoms with E-state index in [0.29, 0.717) is 0 Å². The third-order valence-corrected chi connectivity index (χ3v) is 7.30. The van der Waals surface area contributed by atoms with Crippen LogP contribution < -0.4 is 32.7 Å². The lowest BCUT2D eigenvalue weighted by Gasteiger charge is -2.33. The molecule has 1 fully saturated rings. The maximum absolute atomic E-state index is 13.6. The molecule has 2 aliphatic rings. The summed E-state index contributed by atoms with van der Waals surface area (Å²) in [5, 5.41) is 11.8. The second-order valence-corrected chi connectivity index (χ2v) is 9.98. The second kappa shape index (κ2) is 10.6. The van der Waals surface area contributed by atoms with Gasteiger partial charge in [-0.3, -0.25) is 14.4 Å². The van der Waals surface area contributed by atoms with Crippen molar-refractivity contribution in [3.8, 4) is 0 Å². The highest BCUT2D eigenvalue weighted by Crippen LogP contribution is 2.38. The first kappa shape index (κ1) is 25.4. The highest BCUT2D eigenvalue weighted by atomic mass is 16.2. The van der Waals surface area contributed by atoms with Gasteiger partial charge in [-0.1, -0.05) is 78.9 Å². The Balaban J connectivity index is 1.46. The smallest absolute Gasteiger partial charge is 0.243 e. The second-order valence-electron chi connectivity index (χ2n) is 9.98. The molecule has 3 amide bonds. The summed E-state index contributed by atoms with van der Waals surface area (Å²) in [5.74, 6) is -1.37. The van der Waals surface area contributed by atoms with Crippen LogP contribution in [0.3, 0.4) is 0 Å². The van der Waals surface area contributed by atoms with E-state index in [0.717, 1.165) is 22.4 Å². The Morgan fingerprint density at radius 3 is 1.61 bits per heavy atom. The van der Waals surface area contributed by atoms with Crippen LogP contribution in [0, 0.1) is 0 Å². The van der Waals surface area contributed by atoms with Gasteiger partial charge in [0.25, 0.3) is 0 Å². The molecule has 8 N–H and O–H groups in total. The molecule has 2 aliphatic heterocycles. The van der Waals surface area contributed by atoms with E-state index < -0.39 is 47.6 Å². The predicted octanol–water partition coefficient (Wildman–Crippen LogP) is 0.894. The van der Waals surface area contributed by atoms with Crippen molar-refractivity contribution in [3.05, 3.63) is 102 Å². The van der Waals surface area contributed by atoms with Crippen LogP contribution >= 0.6 is 0 Å². The van der Waals surface area contributed by atoms with Gasteiger partial charge in [-0.05, 0) is 22.8 Å². The molecular weight excluding hydrogens is 480 g/mol. The van der Waals surface area contributed by atoms with E-state index in [4.69, 9.17) is 11.5 Å². The van der Waals surface area contributed by atoms with Crippen molar-refractivity contribution in [2.24, 2.45) is 11.5 Å². The quantitative estimate of drug-likeness (QED) is 0.289. The van der Waals surface area contributed by atoms with E-state index in [2.05, 4.69) is 21.3 Å². The number of nitrogens with one attached hydrogen (secondary N) is 4. The van der Waals surface area contributed by atoms with Gasteiger partial charge in [0.05, 0.1) is 11.7 Å². The lowest BCUT2D eigenvalue weighted by molar-refractivity contribution is -0.130. The van der Waals surface area contributed by atoms with Crippen molar-refractivity contribution in [1.29, 1.82) is 0 Å². The molecule has 0 bridgehead atoms. The van der Waals surface area contributed by atoms with Crippen molar-refractivity contribution < 1.29 is 14.4 Å². The monoisotopic (exact) mass is 512 g/mol. The normalized spacial score (nSPS) is 27.1. The minimum Gasteiger partial charge on any atom is -0.368 e. The first-order valence-electron chi connectivity index (χ1n) is 12.7. The van der Waals surface area contributed by atoms with Gasteiger partial charge in [-0.25, -0.2) is 0 Å². The molecule has 0 spiro atoms. The molecule has 9 heteroatoms. The third kappa shape index (κ3) is 5.25. The number of carbonyl (C=O) groups excluding carboxylic acids is 3. The van der Waals surface area contributed by atoms with Crippen LogP contribution in [-0.4, -0.2) is 42.0 Å². The highest BCUT2D eigenvalue weighted by molar-refractivity contribution is 5.97. The Kier molecular flexibility index (Phi) is 7.13. The zero-order chi connectivity index (χ0) is 26.7. The Bertz CT molecular complexity index is 1280. The number of amides is 3. The molecule has 5 rings (SSSR count). The van der Waals surface area contributed by atoms with E-state index in [9.17, 15) is 14.4 Å². The first-order chi connectivity index (χ1) is 18.3. The summed E-state index contributed by atoms with van der Waals surface area (Å²) < 4.78 is 0. The van der Waals surface area contributed by atoms with Gasteiger partial charge in [0.1, 0.15) is 18.1 Å². The summed E-state index contributed by atoms with van der Waals surface area (Å²) >= 11 is 0. The summed E-state index contributed by atoms with van der Waals surface area (Å²) in [5.41, 5.74) is 15.4. The topological polar surface area (TPSA) is 151 Å². The first-order valence-corrected chi connectivity index (χ1v) is 12.7. The van der Waals surface area contributed by atoms with Gasteiger partial charge in [0, 0.05) is 24.9 Å². The van der Waals surface area contributed by atoms with Gasteiger partial charge in [-0.15, -0.1) is 0 Å². The molecule has 196 valence electrons. The van der Waals surface area contributed by atoms with Crippen LogP contribution in [0.5, 0.6) is 0 Å². The van der Waals surface area contributed by atoms with E-state index in [-0.39, 0.29) is 19.3 Å². The molecule has 0 unspecified atom stereocenters. The summed E-state index contributed by atoms with van der Waals surface area (Å²) in [6.07, 6.45) is -0.0818. The fraction of sp³-hybridized carbons (Fsp3) is 0.276. The van der Waals surface area contributed by atoms with Gasteiger partial charge in [0.2, 0.25) is 17.7 Å². The zero-order valence-electron chi connectivity index (χ0n) is 20.9. The Morgan fingerprint density at radius 2 is 1.05 bits per heavy atom. The lowest BCUT2D eigenvalue weighted by atomic mass is 9.84. The van der Waals surface area contributed by atoms with Crippen LogP contribution in [0.15, 0.2) is 84.9 Å². The molecule has 0 saturated carbocycles. The number of nitrogens with two attached hydrogens (primary N) is 2. The maximum atomic E-state index is 13.6. The molecule has 3 aromatic rings. The average molecular weight is 513 g/mol. The molecule has 0 radical (unpaired) electrons. The zero-order valence-corrected chi connectivity index (χ0v) is 20.9. The van der Waals surface area contributed by atoms with E-state index in [1.165, 1.54) is 0 Å². The molecule has 38 heavy (non-hydrogen) atoms. The number of anilines is 1. The van der Waals surface area contributed by atoms with E-state index in [1.807, 2.05) is 84.9 Å². The standard InChI is InChI=1S/C29H32N6O3/c30-28-29(31,20-13-7-8-14-21(20)35-28)17-24-27(38)33-22(15-18-9-3-1-4-10-18)25(36)32-23(26(37)34-24)16-19-11-5-2-6-12-19/h1-14,22-24,28,35H,15-17,30-31H2,(H,32,36)(H,33,38)(H,34,37)/t22-,23-,24+,28+,29+/m1/s1. The molecule has 5 atom stereocenters. The Morgan fingerprint density at radius 1 is 0.605 bits per heavy atom. The fourth-order valence-corrected chi connectivity index (χ4v) is 5.20. The summed E-state index contributed by atoms with van der Waals surface area (Å²) in [6.45, 7) is 0. The number of carbonyl (C=O) groups is 3. The summed E-state index contributed by atoms with van der Waals surface area (Å²) in [7, 11) is 0. The maximum Gasteiger partial charge on any atom is 0.243 e.